The lowest BCUT2D eigenvalue weighted by molar-refractivity contribution is -0.160. The van der Waals surface area contributed by atoms with Crippen molar-refractivity contribution in [1.82, 2.24) is 20.7 Å². The minimum atomic E-state index is -2.08. The van der Waals surface area contributed by atoms with Crippen LogP contribution in [0.3, 0.4) is 0 Å². The molecule has 322 valence electrons. The van der Waals surface area contributed by atoms with E-state index in [-0.39, 0.29) is 33.6 Å². The zero-order valence-corrected chi connectivity index (χ0v) is 35.4. The Morgan fingerprint density at radius 1 is 0.966 bits per heavy atom. The van der Waals surface area contributed by atoms with Gasteiger partial charge in [0.05, 0.1) is 41.3 Å². The molecule has 1 aromatic rings. The Hall–Kier alpha value is -4.87. The first-order valence-electron chi connectivity index (χ1n) is 19.9. The number of allylic oxidation sites excluding steroid dienone is 2. The van der Waals surface area contributed by atoms with Gasteiger partial charge in [-0.3, -0.25) is 24.0 Å². The molecule has 1 saturated heterocycles. The number of hydrazine groups is 1. The summed E-state index contributed by atoms with van der Waals surface area (Å²) in [6, 6.07) is -1.56. The van der Waals surface area contributed by atoms with Gasteiger partial charge in [0.1, 0.15) is 23.6 Å². The highest BCUT2D eigenvalue weighted by atomic mass is 16.7. The first-order chi connectivity index (χ1) is 27.7. The Bertz CT molecular complexity index is 1970. The number of hydrogen-bond donors (Lipinski definition) is 5. The number of rotatable bonds is 4. The number of ether oxygens (including phenoxy) is 4. The smallest absolute Gasteiger partial charge is 0.312 e. The van der Waals surface area contributed by atoms with Gasteiger partial charge in [0.15, 0.2) is 11.6 Å². The Labute approximate surface area is 344 Å². The lowest BCUT2D eigenvalue weighted by Gasteiger charge is -2.38. The second-order valence-corrected chi connectivity index (χ2v) is 16.3. The predicted octanol–water partition coefficient (Wildman–Crippen LogP) is 2.75. The van der Waals surface area contributed by atoms with Gasteiger partial charge in [-0.05, 0) is 27.0 Å². The summed E-state index contributed by atoms with van der Waals surface area (Å²) in [5, 5.41) is 38.9. The quantitative estimate of drug-likeness (QED) is 0.218. The van der Waals surface area contributed by atoms with E-state index < -0.39 is 100 Å². The topological polar surface area (TPSA) is 213 Å². The van der Waals surface area contributed by atoms with Gasteiger partial charge in [-0.15, -0.1) is 0 Å². The van der Waals surface area contributed by atoms with Crippen molar-refractivity contribution < 1.29 is 58.2 Å². The van der Waals surface area contributed by atoms with Crippen molar-refractivity contribution in [2.45, 2.75) is 91.6 Å². The molecule has 0 aromatic heterocycles. The first kappa shape index (κ1) is 45.2. The molecule has 59 heavy (non-hydrogen) atoms. The summed E-state index contributed by atoms with van der Waals surface area (Å²) in [6.07, 6.45) is 4.81. The summed E-state index contributed by atoms with van der Waals surface area (Å²) < 4.78 is 23.5. The number of hydrogen-bond acceptors (Lipinski definition) is 15. The number of carbonyl (C=O) groups is 5. The van der Waals surface area contributed by atoms with E-state index in [0.717, 1.165) is 13.1 Å². The maximum atomic E-state index is 14.7. The SMILES string of the molecule is COC1/C=C\OC2(C)Oc3c(C)c(O)c4c(c3C2=O)C(=O)/C(=C\NN2CCN(C)CC2)C(NC(=O)/C(C)=C\C=C/C(C)C(O)C(C)C(O)C(C)C(OC(C)=O)C1C)C4=O. The van der Waals surface area contributed by atoms with Crippen LogP contribution in [0.15, 0.2) is 47.9 Å². The number of carbonyl (C=O) groups excluding carboxylic acids is 5. The maximum Gasteiger partial charge on any atom is 0.312 e. The van der Waals surface area contributed by atoms with Gasteiger partial charge in [0.25, 0.3) is 5.78 Å². The van der Waals surface area contributed by atoms with E-state index in [9.17, 15) is 39.3 Å². The molecule has 4 aliphatic heterocycles. The normalized spacial score (nSPS) is 35.3. The Morgan fingerprint density at radius 3 is 2.25 bits per heavy atom. The molecule has 1 aliphatic carbocycles. The Balaban J connectivity index is 1.64. The number of fused-ring (bicyclic) bond motifs is 14. The van der Waals surface area contributed by atoms with Crippen LogP contribution in [-0.4, -0.2) is 131 Å². The maximum absolute atomic E-state index is 14.7. The molecule has 0 saturated carbocycles. The number of nitrogens with zero attached hydrogens (tertiary/aromatic N) is 2. The van der Waals surface area contributed by atoms with E-state index in [1.807, 2.05) is 12.1 Å². The fourth-order valence-corrected chi connectivity index (χ4v) is 8.10. The van der Waals surface area contributed by atoms with Crippen molar-refractivity contribution in [1.29, 1.82) is 0 Å². The molecule has 10 unspecified atom stereocenters. The summed E-state index contributed by atoms with van der Waals surface area (Å²) in [7, 11) is 3.41. The third kappa shape index (κ3) is 9.01. The van der Waals surface area contributed by atoms with Crippen LogP contribution in [0.1, 0.15) is 85.1 Å². The number of amides is 1. The van der Waals surface area contributed by atoms with E-state index in [0.29, 0.717) is 13.1 Å². The van der Waals surface area contributed by atoms with Gasteiger partial charge >= 0.3 is 11.8 Å². The molecule has 0 spiro atoms. The van der Waals surface area contributed by atoms with Crippen molar-refractivity contribution in [3.63, 3.8) is 0 Å². The lowest BCUT2D eigenvalue weighted by atomic mass is 9.77. The summed E-state index contributed by atoms with van der Waals surface area (Å²) in [6.45, 7) is 15.1. The number of ketones is 3. The zero-order chi connectivity index (χ0) is 43.7. The van der Waals surface area contributed by atoms with Gasteiger partial charge in [-0.25, -0.2) is 5.01 Å². The fraction of sp³-hybridized carbons (Fsp3) is 0.558. The standard InChI is InChI=1S/C43H58N4O12/c1-21-12-11-13-22(2)42(55)45-33-28(20-44-47-17-15-46(9)16-18-47)37(52)30-31(38(33)53)36(51)26(6)40-32(30)41(54)43(8,59-40)57-19-14-29(56-10)23(3)39(58-27(7)48)25(5)35(50)24(4)34(21)49/h11-14,19-21,23-25,29,33-35,39,44,49-51H,15-18H2,1-10H3,(H,45,55)/b12-11-,19-14-,22-13-,28-20-. The number of aliphatic hydroxyl groups excluding tert-OH is 2. The van der Waals surface area contributed by atoms with Crippen LogP contribution in [0.2, 0.25) is 0 Å². The van der Waals surface area contributed by atoms with Crippen LogP contribution in [0.25, 0.3) is 0 Å². The minimum absolute atomic E-state index is 0.00931. The van der Waals surface area contributed by atoms with Crippen LogP contribution >= 0.6 is 0 Å². The molecule has 16 nitrogen and oxygen atoms in total. The number of aliphatic hydroxyl groups is 2. The number of piperazine rings is 1. The van der Waals surface area contributed by atoms with Gasteiger partial charge in [-0.1, -0.05) is 45.9 Å². The number of likely N-dealkylation sites (N-methyl/N-ethyl adjacent to an activating group) is 1. The average Bonchev–Trinajstić information content (AvgIpc) is 3.46. The first-order valence-corrected chi connectivity index (χ1v) is 19.9. The number of methoxy groups -OCH3 is 1. The second kappa shape index (κ2) is 18.2. The zero-order valence-electron chi connectivity index (χ0n) is 35.4. The fourth-order valence-electron chi connectivity index (χ4n) is 8.10. The average molecular weight is 823 g/mol. The molecule has 6 rings (SSSR count). The van der Waals surface area contributed by atoms with Crippen molar-refractivity contribution in [2.24, 2.45) is 23.7 Å². The summed E-state index contributed by atoms with van der Waals surface area (Å²) in [5.41, 5.74) is 2.03. The number of phenolic OH excluding ortho intramolecular Hbond substituents is 1. The lowest BCUT2D eigenvalue weighted by Crippen LogP contribution is -2.51. The minimum Gasteiger partial charge on any atom is -0.507 e. The highest BCUT2D eigenvalue weighted by Crippen LogP contribution is 2.48. The molecule has 5 aliphatic rings. The Kier molecular flexibility index (Phi) is 13.9. The van der Waals surface area contributed by atoms with Crippen LogP contribution in [0.5, 0.6) is 11.5 Å². The van der Waals surface area contributed by atoms with Gasteiger partial charge in [-0.2, -0.15) is 0 Å². The molecule has 10 atom stereocenters. The van der Waals surface area contributed by atoms with Gasteiger partial charge in [0, 0.05) is 93.7 Å². The molecule has 16 heteroatoms. The van der Waals surface area contributed by atoms with Crippen molar-refractivity contribution in [3.8, 4) is 11.5 Å². The van der Waals surface area contributed by atoms with Crippen molar-refractivity contribution >= 4 is 29.2 Å². The molecule has 5 N–H and O–H groups in total. The van der Waals surface area contributed by atoms with Gasteiger partial charge in [0.2, 0.25) is 5.91 Å². The molecule has 1 fully saturated rings. The van der Waals surface area contributed by atoms with E-state index in [4.69, 9.17) is 18.9 Å². The third-order valence-corrected chi connectivity index (χ3v) is 12.1. The monoisotopic (exact) mass is 822 g/mol. The second-order valence-electron chi connectivity index (χ2n) is 16.3. The number of Topliss-reactive ketones (excluding diaryl/α,β-unsaturated/α-hetero) is 3. The molecule has 1 aromatic carbocycles. The molecular weight excluding hydrogens is 764 g/mol. The third-order valence-electron chi connectivity index (χ3n) is 12.1. The van der Waals surface area contributed by atoms with Gasteiger partial charge < -0.3 is 49.9 Å². The van der Waals surface area contributed by atoms with E-state index in [1.54, 1.807) is 39.8 Å². The van der Waals surface area contributed by atoms with E-state index in [1.165, 1.54) is 59.4 Å². The highest BCUT2D eigenvalue weighted by Gasteiger charge is 2.53. The van der Waals surface area contributed by atoms with Crippen LogP contribution in [0, 0.1) is 30.6 Å². The molecule has 5 bridgehead atoms. The number of phenols is 1. The molecule has 1 amide bonds. The van der Waals surface area contributed by atoms with Crippen LogP contribution in [-0.2, 0) is 23.8 Å². The molecule has 4 heterocycles. The van der Waals surface area contributed by atoms with Crippen molar-refractivity contribution in [3.05, 3.63) is 70.2 Å². The number of benzene rings is 1. The number of aromatic hydroxyl groups is 1. The summed E-state index contributed by atoms with van der Waals surface area (Å²) in [4.78, 5) is 71.7. The molecular formula is C43H58N4O12. The van der Waals surface area contributed by atoms with Crippen LogP contribution in [0.4, 0.5) is 0 Å². The summed E-state index contributed by atoms with van der Waals surface area (Å²) >= 11 is 0. The largest absolute Gasteiger partial charge is 0.507 e. The Morgan fingerprint density at radius 2 is 1.63 bits per heavy atom. The van der Waals surface area contributed by atoms with Crippen molar-refractivity contribution in [2.75, 3.05) is 40.3 Å². The number of esters is 1. The van der Waals surface area contributed by atoms with E-state index >= 15 is 0 Å². The summed E-state index contributed by atoms with van der Waals surface area (Å²) in [5.74, 6) is -9.01. The van der Waals surface area contributed by atoms with Crippen LogP contribution < -0.4 is 15.5 Å². The number of nitrogens with one attached hydrogen (secondary N) is 2. The molecule has 0 radical (unpaired) electrons. The predicted molar refractivity (Wildman–Crippen MR) is 215 cm³/mol. The highest BCUT2D eigenvalue weighted by molar-refractivity contribution is 6.31. The van der Waals surface area contributed by atoms with E-state index in [2.05, 4.69) is 15.6 Å².